The van der Waals surface area contributed by atoms with Gasteiger partial charge in [-0.05, 0) is 6.42 Å². The van der Waals surface area contributed by atoms with Crippen molar-refractivity contribution in [1.29, 1.82) is 0 Å². The minimum absolute atomic E-state index is 0. The number of nitrogens with two attached hydrogens (primary N) is 2. The highest BCUT2D eigenvalue weighted by Crippen LogP contribution is 1.97. The second-order valence-electron chi connectivity index (χ2n) is 2.30. The standard InChI is InChI=1S/C6H14N2O2.ClH/c1-2-3-4(7)5(9)6(8)10;/h4-5,9H,2-3,7H2,1H3,(H2,8,10);1H/t4-,5?;/m1./s1. The Morgan fingerprint density at radius 2 is 2.09 bits per heavy atom. The number of carbonyl (C=O) groups is 1. The molecular weight excluding hydrogens is 168 g/mol. The van der Waals surface area contributed by atoms with E-state index in [0.717, 1.165) is 6.42 Å². The van der Waals surface area contributed by atoms with Gasteiger partial charge in [-0.3, -0.25) is 4.79 Å². The molecule has 68 valence electrons. The van der Waals surface area contributed by atoms with Crippen LogP contribution in [0.15, 0.2) is 0 Å². The third-order valence-electron chi connectivity index (χ3n) is 1.32. The van der Waals surface area contributed by atoms with E-state index in [0.29, 0.717) is 6.42 Å². The number of aliphatic hydroxyl groups is 1. The summed E-state index contributed by atoms with van der Waals surface area (Å²) in [6.07, 6.45) is 0.259. The summed E-state index contributed by atoms with van der Waals surface area (Å²) in [4.78, 5) is 10.3. The van der Waals surface area contributed by atoms with Crippen LogP contribution in [0.5, 0.6) is 0 Å². The van der Waals surface area contributed by atoms with E-state index in [9.17, 15) is 4.79 Å². The maximum absolute atomic E-state index is 10.3. The molecule has 0 aliphatic carbocycles. The lowest BCUT2D eigenvalue weighted by atomic mass is 10.1. The first-order valence-corrected chi connectivity index (χ1v) is 3.32. The van der Waals surface area contributed by atoms with E-state index < -0.39 is 18.1 Å². The molecule has 5 heteroatoms. The molecule has 0 aromatic rings. The first-order chi connectivity index (χ1) is 4.59. The van der Waals surface area contributed by atoms with Gasteiger partial charge in [0.15, 0.2) is 0 Å². The fraction of sp³-hybridized carbons (Fsp3) is 0.833. The number of aliphatic hydroxyl groups excluding tert-OH is 1. The second kappa shape index (κ2) is 6.39. The summed E-state index contributed by atoms with van der Waals surface area (Å²) in [5.74, 6) is -0.749. The molecule has 2 atom stereocenters. The average Bonchev–Trinajstić information content (AvgIpc) is 1.87. The van der Waals surface area contributed by atoms with Crippen molar-refractivity contribution in [3.63, 3.8) is 0 Å². The van der Waals surface area contributed by atoms with Crippen molar-refractivity contribution in [2.45, 2.75) is 31.9 Å². The number of hydrogen-bond acceptors (Lipinski definition) is 3. The Hall–Kier alpha value is -0.320. The zero-order valence-corrected chi connectivity index (χ0v) is 7.30. The second-order valence-corrected chi connectivity index (χ2v) is 2.30. The predicted molar refractivity (Wildman–Crippen MR) is 45.3 cm³/mol. The van der Waals surface area contributed by atoms with Gasteiger partial charge < -0.3 is 16.6 Å². The molecule has 4 nitrogen and oxygen atoms in total. The molecule has 0 aliphatic heterocycles. The maximum atomic E-state index is 10.3. The third-order valence-corrected chi connectivity index (χ3v) is 1.32. The highest BCUT2D eigenvalue weighted by atomic mass is 35.5. The van der Waals surface area contributed by atoms with Crippen LogP contribution in [0.2, 0.25) is 0 Å². The predicted octanol–water partition coefficient (Wildman–Crippen LogP) is -0.618. The van der Waals surface area contributed by atoms with Crippen molar-refractivity contribution in [2.24, 2.45) is 11.5 Å². The minimum Gasteiger partial charge on any atom is -0.382 e. The Balaban J connectivity index is 0. The SMILES string of the molecule is CCC[C@@H](N)C(O)C(N)=O.Cl. The fourth-order valence-corrected chi connectivity index (χ4v) is 0.702. The van der Waals surface area contributed by atoms with Gasteiger partial charge in [0.2, 0.25) is 5.91 Å². The van der Waals surface area contributed by atoms with Crippen molar-refractivity contribution in [3.8, 4) is 0 Å². The zero-order valence-electron chi connectivity index (χ0n) is 6.49. The smallest absolute Gasteiger partial charge is 0.247 e. The van der Waals surface area contributed by atoms with Gasteiger partial charge in [-0.25, -0.2) is 0 Å². The molecule has 1 amide bonds. The van der Waals surface area contributed by atoms with Crippen LogP contribution in [0.1, 0.15) is 19.8 Å². The van der Waals surface area contributed by atoms with Crippen LogP contribution < -0.4 is 11.5 Å². The van der Waals surface area contributed by atoms with Crippen LogP contribution in [0, 0.1) is 0 Å². The molecule has 5 N–H and O–H groups in total. The normalized spacial score (nSPS) is 14.8. The molecule has 11 heavy (non-hydrogen) atoms. The highest BCUT2D eigenvalue weighted by molar-refractivity contribution is 5.85. The van der Waals surface area contributed by atoms with E-state index in [1.54, 1.807) is 0 Å². The molecule has 0 fully saturated rings. The molecule has 0 radical (unpaired) electrons. The first-order valence-electron chi connectivity index (χ1n) is 3.32. The summed E-state index contributed by atoms with van der Waals surface area (Å²) in [5.41, 5.74) is 10.2. The molecule has 0 heterocycles. The molecule has 0 aliphatic rings. The van der Waals surface area contributed by atoms with E-state index in [1.165, 1.54) is 0 Å². The van der Waals surface area contributed by atoms with E-state index in [2.05, 4.69) is 0 Å². The Labute approximate surface area is 72.4 Å². The van der Waals surface area contributed by atoms with Gasteiger partial charge in [0, 0.05) is 6.04 Å². The molecule has 0 bridgehead atoms. The molecular formula is C6H15ClN2O2. The molecule has 0 aromatic heterocycles. The van der Waals surface area contributed by atoms with Gasteiger partial charge in [-0.2, -0.15) is 0 Å². The summed E-state index contributed by atoms with van der Waals surface area (Å²) in [6, 6.07) is -0.512. The molecule has 0 saturated carbocycles. The molecule has 0 spiro atoms. The van der Waals surface area contributed by atoms with Gasteiger partial charge in [-0.1, -0.05) is 13.3 Å². The molecule has 0 rings (SSSR count). The number of rotatable bonds is 4. The number of hydrogen-bond donors (Lipinski definition) is 3. The molecule has 0 aromatic carbocycles. The monoisotopic (exact) mass is 182 g/mol. The van der Waals surface area contributed by atoms with Crippen molar-refractivity contribution < 1.29 is 9.90 Å². The first kappa shape index (κ1) is 13.3. The van der Waals surface area contributed by atoms with Gasteiger partial charge >= 0.3 is 0 Å². The van der Waals surface area contributed by atoms with Gasteiger partial charge in [-0.15, -0.1) is 12.4 Å². The Morgan fingerprint density at radius 1 is 1.64 bits per heavy atom. The highest BCUT2D eigenvalue weighted by Gasteiger charge is 2.18. The Bertz CT molecular complexity index is 121. The van der Waals surface area contributed by atoms with Crippen LogP contribution in [-0.2, 0) is 4.79 Å². The van der Waals surface area contributed by atoms with Crippen molar-refractivity contribution in [2.75, 3.05) is 0 Å². The number of carbonyl (C=O) groups excluding carboxylic acids is 1. The van der Waals surface area contributed by atoms with Gasteiger partial charge in [0.25, 0.3) is 0 Å². The Morgan fingerprint density at radius 3 is 2.36 bits per heavy atom. The van der Waals surface area contributed by atoms with E-state index in [-0.39, 0.29) is 12.4 Å². The van der Waals surface area contributed by atoms with Crippen LogP contribution in [-0.4, -0.2) is 23.2 Å². The topological polar surface area (TPSA) is 89.3 Å². The minimum atomic E-state index is -1.19. The third kappa shape index (κ3) is 5.01. The number of halogens is 1. The summed E-state index contributed by atoms with van der Waals surface area (Å²) >= 11 is 0. The fourth-order valence-electron chi connectivity index (χ4n) is 0.702. The molecule has 0 saturated heterocycles. The maximum Gasteiger partial charge on any atom is 0.247 e. The summed E-state index contributed by atoms with van der Waals surface area (Å²) in [6.45, 7) is 1.92. The van der Waals surface area contributed by atoms with Gasteiger partial charge in [0.1, 0.15) is 6.10 Å². The van der Waals surface area contributed by atoms with Crippen molar-refractivity contribution in [1.82, 2.24) is 0 Å². The van der Waals surface area contributed by atoms with Gasteiger partial charge in [0.05, 0.1) is 0 Å². The van der Waals surface area contributed by atoms with E-state index in [1.807, 2.05) is 6.92 Å². The van der Waals surface area contributed by atoms with Crippen molar-refractivity contribution in [3.05, 3.63) is 0 Å². The van der Waals surface area contributed by atoms with E-state index in [4.69, 9.17) is 16.6 Å². The summed E-state index contributed by atoms with van der Waals surface area (Å²) in [5, 5.41) is 8.93. The van der Waals surface area contributed by atoms with E-state index >= 15 is 0 Å². The summed E-state index contributed by atoms with van der Waals surface area (Å²) in [7, 11) is 0. The molecule has 1 unspecified atom stereocenters. The quantitative estimate of drug-likeness (QED) is 0.542. The number of primary amides is 1. The van der Waals surface area contributed by atoms with Crippen LogP contribution in [0.3, 0.4) is 0 Å². The van der Waals surface area contributed by atoms with Crippen LogP contribution >= 0.6 is 12.4 Å². The number of amides is 1. The zero-order chi connectivity index (χ0) is 8.15. The Kier molecular flexibility index (Phi) is 7.72. The lowest BCUT2D eigenvalue weighted by Crippen LogP contribution is -2.43. The van der Waals surface area contributed by atoms with Crippen LogP contribution in [0.25, 0.3) is 0 Å². The summed E-state index contributed by atoms with van der Waals surface area (Å²) < 4.78 is 0. The average molecular weight is 183 g/mol. The van der Waals surface area contributed by atoms with Crippen LogP contribution in [0.4, 0.5) is 0 Å². The largest absolute Gasteiger partial charge is 0.382 e. The lowest BCUT2D eigenvalue weighted by Gasteiger charge is -2.13. The van der Waals surface area contributed by atoms with Crippen molar-refractivity contribution >= 4 is 18.3 Å². The lowest BCUT2D eigenvalue weighted by molar-refractivity contribution is -0.127.